The smallest absolute Gasteiger partial charge is 0.258 e. The minimum atomic E-state index is -0.259. The van der Waals surface area contributed by atoms with Gasteiger partial charge in [0, 0.05) is 42.9 Å². The third-order valence-electron chi connectivity index (χ3n) is 5.44. The van der Waals surface area contributed by atoms with Crippen LogP contribution in [0, 0.1) is 0 Å². The summed E-state index contributed by atoms with van der Waals surface area (Å²) in [5.41, 5.74) is 3.72. The van der Waals surface area contributed by atoms with Gasteiger partial charge < -0.3 is 25.7 Å². The Morgan fingerprint density at radius 1 is 1.00 bits per heavy atom. The number of carbonyl (C=O) groups excluding carboxylic acids is 3. The monoisotopic (exact) mass is 451 g/mol. The van der Waals surface area contributed by atoms with Crippen LogP contribution in [0.3, 0.4) is 0 Å². The van der Waals surface area contributed by atoms with Gasteiger partial charge in [-0.05, 0) is 37.1 Å². The van der Waals surface area contributed by atoms with Crippen LogP contribution in [0.1, 0.15) is 41.3 Å². The van der Waals surface area contributed by atoms with E-state index in [9.17, 15) is 14.4 Å². The highest BCUT2D eigenvalue weighted by Gasteiger charge is 2.29. The molecule has 3 rings (SSSR count). The van der Waals surface area contributed by atoms with Gasteiger partial charge in [0.25, 0.3) is 5.91 Å². The van der Waals surface area contributed by atoms with Crippen molar-refractivity contribution in [2.45, 2.75) is 19.8 Å². The summed E-state index contributed by atoms with van der Waals surface area (Å²) in [5.74, 6) is -0.492. The van der Waals surface area contributed by atoms with Crippen LogP contribution in [-0.2, 0) is 9.59 Å². The average Bonchev–Trinajstić information content (AvgIpc) is 3.14. The summed E-state index contributed by atoms with van der Waals surface area (Å²) in [5, 5.41) is 24.4. The van der Waals surface area contributed by atoms with Gasteiger partial charge in [0.2, 0.25) is 5.91 Å². The van der Waals surface area contributed by atoms with Crippen molar-refractivity contribution < 1.29 is 24.6 Å². The molecule has 0 fully saturated rings. The second-order valence-electron chi connectivity index (χ2n) is 7.75. The molecule has 2 aromatic carbocycles. The lowest BCUT2D eigenvalue weighted by molar-refractivity contribution is -0.132. The number of amides is 2. The van der Waals surface area contributed by atoms with Crippen molar-refractivity contribution in [2.75, 3.05) is 38.2 Å². The number of nitrogens with zero attached hydrogens (tertiary/aromatic N) is 1. The van der Waals surface area contributed by atoms with E-state index in [4.69, 9.17) is 10.2 Å². The zero-order valence-electron chi connectivity index (χ0n) is 18.6. The van der Waals surface area contributed by atoms with Crippen molar-refractivity contribution in [1.29, 1.82) is 0 Å². The maximum atomic E-state index is 12.9. The molecule has 1 heterocycles. The van der Waals surface area contributed by atoms with Crippen molar-refractivity contribution >= 4 is 34.6 Å². The average molecular weight is 452 g/mol. The molecule has 1 aliphatic rings. The molecule has 4 N–H and O–H groups in total. The van der Waals surface area contributed by atoms with Gasteiger partial charge in [-0.2, -0.15) is 0 Å². The maximum Gasteiger partial charge on any atom is 0.258 e. The summed E-state index contributed by atoms with van der Waals surface area (Å²) < 4.78 is 0. The second-order valence-corrected chi connectivity index (χ2v) is 7.75. The van der Waals surface area contributed by atoms with Crippen LogP contribution in [-0.4, -0.2) is 65.6 Å². The number of aliphatic hydroxyl groups excluding tert-OH is 2. The first-order valence-electron chi connectivity index (χ1n) is 11.0. The van der Waals surface area contributed by atoms with Gasteiger partial charge in [0.1, 0.15) is 0 Å². The number of Topliss-reactive ketones (excluding diaryl/α,β-unsaturated/α-hetero) is 1. The maximum absolute atomic E-state index is 12.9. The van der Waals surface area contributed by atoms with E-state index in [1.165, 1.54) is 11.8 Å². The minimum absolute atomic E-state index is 0.0838. The van der Waals surface area contributed by atoms with Crippen molar-refractivity contribution in [1.82, 2.24) is 10.2 Å². The fraction of sp³-hybridized carbons (Fsp3) is 0.320. The van der Waals surface area contributed by atoms with Crippen LogP contribution in [0.5, 0.6) is 0 Å². The number of carbonyl (C=O) groups is 3. The van der Waals surface area contributed by atoms with Crippen LogP contribution >= 0.6 is 0 Å². The van der Waals surface area contributed by atoms with Gasteiger partial charge in [-0.25, -0.2) is 0 Å². The lowest BCUT2D eigenvalue weighted by atomic mass is 9.97. The molecule has 0 bridgehead atoms. The molecular formula is C25H29N3O5. The molecule has 0 saturated carbocycles. The molecule has 0 spiro atoms. The van der Waals surface area contributed by atoms with Crippen LogP contribution in [0.15, 0.2) is 48.5 Å². The molecule has 0 atom stereocenters. The number of ketones is 1. The quantitative estimate of drug-likeness (QED) is 0.235. The summed E-state index contributed by atoms with van der Waals surface area (Å²) in [4.78, 5) is 38.6. The first-order valence-corrected chi connectivity index (χ1v) is 11.0. The molecule has 0 aromatic heterocycles. The number of hydrogen-bond donors (Lipinski definition) is 4. The Bertz CT molecular complexity index is 1040. The summed E-state index contributed by atoms with van der Waals surface area (Å²) in [6, 6.07) is 14.6. The normalized spacial score (nSPS) is 13.8. The summed E-state index contributed by atoms with van der Waals surface area (Å²) in [7, 11) is 0. The van der Waals surface area contributed by atoms with E-state index >= 15 is 0 Å². The first kappa shape index (κ1) is 24.2. The summed E-state index contributed by atoms with van der Waals surface area (Å²) >= 11 is 0. The SMILES string of the molecule is CC(=O)c1ccc2c(c1)C(=C(NCCCC(=O)N(CCO)CCO)c1ccccc1)C(=O)N2. The van der Waals surface area contributed by atoms with Crippen LogP contribution in [0.25, 0.3) is 11.3 Å². The molecular weight excluding hydrogens is 422 g/mol. The first-order chi connectivity index (χ1) is 16.0. The number of aliphatic hydroxyl groups is 2. The minimum Gasteiger partial charge on any atom is -0.395 e. The zero-order chi connectivity index (χ0) is 23.8. The molecule has 2 aromatic rings. The highest BCUT2D eigenvalue weighted by molar-refractivity contribution is 6.36. The summed E-state index contributed by atoms with van der Waals surface area (Å²) in [6.45, 7) is 1.96. The van der Waals surface area contributed by atoms with E-state index in [0.717, 1.165) is 5.56 Å². The van der Waals surface area contributed by atoms with Crippen molar-refractivity contribution in [3.05, 3.63) is 65.2 Å². The lowest BCUT2D eigenvalue weighted by Gasteiger charge is -2.21. The van der Waals surface area contributed by atoms with Crippen LogP contribution in [0.2, 0.25) is 0 Å². The van der Waals surface area contributed by atoms with Gasteiger partial charge >= 0.3 is 0 Å². The Kier molecular flexibility index (Phi) is 8.34. The van der Waals surface area contributed by atoms with Gasteiger partial charge in [0.15, 0.2) is 5.78 Å². The molecule has 0 saturated heterocycles. The zero-order valence-corrected chi connectivity index (χ0v) is 18.6. The number of nitrogens with one attached hydrogen (secondary N) is 2. The fourth-order valence-electron chi connectivity index (χ4n) is 3.79. The Hall–Kier alpha value is -3.49. The number of anilines is 1. The topological polar surface area (TPSA) is 119 Å². The molecule has 0 radical (unpaired) electrons. The van der Waals surface area contributed by atoms with Crippen LogP contribution < -0.4 is 10.6 Å². The van der Waals surface area contributed by atoms with Crippen molar-refractivity contribution in [3.63, 3.8) is 0 Å². The molecule has 1 aliphatic heterocycles. The van der Waals surface area contributed by atoms with Gasteiger partial charge in [-0.3, -0.25) is 14.4 Å². The van der Waals surface area contributed by atoms with Gasteiger partial charge in [0.05, 0.1) is 24.5 Å². The van der Waals surface area contributed by atoms with Crippen molar-refractivity contribution in [2.24, 2.45) is 0 Å². The molecule has 8 heteroatoms. The lowest BCUT2D eigenvalue weighted by Crippen LogP contribution is -2.36. The predicted octanol–water partition coefficient (Wildman–Crippen LogP) is 1.89. The molecule has 0 aliphatic carbocycles. The fourth-order valence-corrected chi connectivity index (χ4v) is 3.79. The Morgan fingerprint density at radius 2 is 1.70 bits per heavy atom. The predicted molar refractivity (Wildman–Crippen MR) is 126 cm³/mol. The number of fused-ring (bicyclic) bond motifs is 1. The summed E-state index contributed by atoms with van der Waals surface area (Å²) in [6.07, 6.45) is 0.736. The van der Waals surface area contributed by atoms with E-state index < -0.39 is 0 Å². The Balaban J connectivity index is 1.84. The number of benzene rings is 2. The van der Waals surface area contributed by atoms with Crippen LogP contribution in [0.4, 0.5) is 5.69 Å². The number of rotatable bonds is 11. The molecule has 2 amide bonds. The second kappa shape index (κ2) is 11.4. The third kappa shape index (κ3) is 5.85. The molecule has 8 nitrogen and oxygen atoms in total. The third-order valence-corrected chi connectivity index (χ3v) is 5.44. The van der Waals surface area contributed by atoms with Gasteiger partial charge in [-0.15, -0.1) is 0 Å². The Morgan fingerprint density at radius 3 is 2.33 bits per heavy atom. The molecule has 0 unspecified atom stereocenters. The van der Waals surface area contributed by atoms with E-state index in [-0.39, 0.29) is 50.3 Å². The highest BCUT2D eigenvalue weighted by atomic mass is 16.3. The standard InChI is InChI=1S/C25H29N3O5/c1-17(31)19-9-10-21-20(16-19)23(25(33)27-21)24(18-6-3-2-4-7-18)26-11-5-8-22(32)28(12-14-29)13-15-30/h2-4,6-7,9-10,16,26,29-30H,5,8,11-15H2,1H3,(H,27,33). The van der Waals surface area contributed by atoms with Gasteiger partial charge in [-0.1, -0.05) is 30.3 Å². The van der Waals surface area contributed by atoms with Crippen molar-refractivity contribution in [3.8, 4) is 0 Å². The number of hydrogen-bond acceptors (Lipinski definition) is 6. The highest BCUT2D eigenvalue weighted by Crippen LogP contribution is 2.36. The van der Waals surface area contributed by atoms with E-state index in [0.29, 0.717) is 41.1 Å². The van der Waals surface area contributed by atoms with E-state index in [1.807, 2.05) is 30.3 Å². The molecule has 174 valence electrons. The largest absolute Gasteiger partial charge is 0.395 e. The Labute approximate surface area is 192 Å². The van der Waals surface area contributed by atoms with E-state index in [2.05, 4.69) is 10.6 Å². The van der Waals surface area contributed by atoms with E-state index in [1.54, 1.807) is 18.2 Å². The molecule has 33 heavy (non-hydrogen) atoms.